The van der Waals surface area contributed by atoms with Crippen molar-refractivity contribution in [2.24, 2.45) is 23.7 Å². The molecule has 0 N–H and O–H groups in total. The SMILES string of the molecule is O=C(CC1CC2CCC1C2)C1CCOC2(CCC2)C1. The van der Waals surface area contributed by atoms with Crippen LogP contribution in [-0.4, -0.2) is 18.0 Å². The lowest BCUT2D eigenvalue weighted by Crippen LogP contribution is -2.47. The van der Waals surface area contributed by atoms with Crippen LogP contribution in [0.1, 0.15) is 64.2 Å². The number of hydrogen-bond donors (Lipinski definition) is 0. The minimum atomic E-state index is 0.132. The maximum atomic E-state index is 12.6. The van der Waals surface area contributed by atoms with Crippen molar-refractivity contribution in [1.29, 1.82) is 0 Å². The zero-order valence-electron chi connectivity index (χ0n) is 11.9. The van der Waals surface area contributed by atoms with Gasteiger partial charge in [-0.1, -0.05) is 6.42 Å². The second-order valence-corrected chi connectivity index (χ2v) is 7.68. The summed E-state index contributed by atoms with van der Waals surface area (Å²) in [5.41, 5.74) is 0.132. The first-order chi connectivity index (χ1) is 9.24. The van der Waals surface area contributed by atoms with E-state index in [0.717, 1.165) is 43.6 Å². The van der Waals surface area contributed by atoms with Gasteiger partial charge >= 0.3 is 0 Å². The fourth-order valence-corrected chi connectivity index (χ4v) is 5.27. The molecule has 4 unspecified atom stereocenters. The smallest absolute Gasteiger partial charge is 0.136 e. The molecule has 4 atom stereocenters. The first-order valence-corrected chi connectivity index (χ1v) is 8.41. The number of rotatable bonds is 3. The Morgan fingerprint density at radius 2 is 2.05 bits per heavy atom. The Kier molecular flexibility index (Phi) is 2.98. The first-order valence-electron chi connectivity index (χ1n) is 8.41. The maximum Gasteiger partial charge on any atom is 0.136 e. The van der Waals surface area contributed by atoms with Gasteiger partial charge < -0.3 is 4.74 Å². The third kappa shape index (κ3) is 2.16. The molecule has 3 aliphatic carbocycles. The first kappa shape index (κ1) is 12.4. The number of ether oxygens (including phenoxy) is 1. The largest absolute Gasteiger partial charge is 0.375 e. The lowest BCUT2D eigenvalue weighted by molar-refractivity contribution is -0.156. The Morgan fingerprint density at radius 1 is 1.16 bits per heavy atom. The van der Waals surface area contributed by atoms with Crippen molar-refractivity contribution in [2.75, 3.05) is 6.61 Å². The second-order valence-electron chi connectivity index (χ2n) is 7.68. The van der Waals surface area contributed by atoms with E-state index in [0.29, 0.717) is 11.7 Å². The van der Waals surface area contributed by atoms with E-state index in [-0.39, 0.29) is 5.60 Å². The highest BCUT2D eigenvalue weighted by molar-refractivity contribution is 5.81. The summed E-state index contributed by atoms with van der Waals surface area (Å²) < 4.78 is 5.95. The van der Waals surface area contributed by atoms with E-state index in [9.17, 15) is 4.79 Å². The van der Waals surface area contributed by atoms with Crippen molar-refractivity contribution < 1.29 is 9.53 Å². The molecule has 19 heavy (non-hydrogen) atoms. The van der Waals surface area contributed by atoms with Crippen LogP contribution in [-0.2, 0) is 9.53 Å². The van der Waals surface area contributed by atoms with Gasteiger partial charge in [-0.3, -0.25) is 4.79 Å². The second kappa shape index (κ2) is 4.58. The van der Waals surface area contributed by atoms with Gasteiger partial charge in [-0.25, -0.2) is 0 Å². The number of carbonyl (C=O) groups is 1. The Bertz CT molecular complexity index is 371. The minimum absolute atomic E-state index is 0.132. The van der Waals surface area contributed by atoms with Crippen LogP contribution in [0.2, 0.25) is 0 Å². The van der Waals surface area contributed by atoms with E-state index in [1.807, 2.05) is 0 Å². The van der Waals surface area contributed by atoms with E-state index in [1.165, 1.54) is 44.9 Å². The van der Waals surface area contributed by atoms with Gasteiger partial charge in [-0.05, 0) is 69.1 Å². The van der Waals surface area contributed by atoms with Crippen LogP contribution in [0, 0.1) is 23.7 Å². The van der Waals surface area contributed by atoms with Crippen molar-refractivity contribution in [3.63, 3.8) is 0 Å². The molecule has 4 aliphatic rings. The standard InChI is InChI=1S/C17H26O2/c18-16(10-15-9-12-2-3-13(15)8-12)14-4-7-19-17(11-14)5-1-6-17/h12-15H,1-11H2. The molecule has 3 saturated carbocycles. The molecular formula is C17H26O2. The molecule has 106 valence electrons. The zero-order valence-corrected chi connectivity index (χ0v) is 11.9. The summed E-state index contributed by atoms with van der Waals surface area (Å²) >= 11 is 0. The van der Waals surface area contributed by atoms with Crippen LogP contribution in [0.3, 0.4) is 0 Å². The Labute approximate surface area is 116 Å². The Morgan fingerprint density at radius 3 is 2.68 bits per heavy atom. The molecule has 2 bridgehead atoms. The van der Waals surface area contributed by atoms with Gasteiger partial charge in [0.05, 0.1) is 5.60 Å². The summed E-state index contributed by atoms with van der Waals surface area (Å²) in [4.78, 5) is 12.6. The van der Waals surface area contributed by atoms with Gasteiger partial charge in [0.15, 0.2) is 0 Å². The molecule has 4 fully saturated rings. The lowest BCUT2D eigenvalue weighted by atomic mass is 9.70. The van der Waals surface area contributed by atoms with Crippen molar-refractivity contribution in [3.05, 3.63) is 0 Å². The van der Waals surface area contributed by atoms with Crippen LogP contribution in [0.25, 0.3) is 0 Å². The molecule has 0 aromatic carbocycles. The summed E-state index contributed by atoms with van der Waals surface area (Å²) in [6.45, 7) is 0.827. The third-order valence-corrected chi connectivity index (χ3v) is 6.56. The van der Waals surface area contributed by atoms with E-state index in [4.69, 9.17) is 4.74 Å². The summed E-state index contributed by atoms with van der Waals surface area (Å²) in [7, 11) is 0. The van der Waals surface area contributed by atoms with Gasteiger partial charge in [0.25, 0.3) is 0 Å². The number of hydrogen-bond acceptors (Lipinski definition) is 2. The zero-order chi connectivity index (χ0) is 12.9. The monoisotopic (exact) mass is 262 g/mol. The molecule has 0 radical (unpaired) electrons. The topological polar surface area (TPSA) is 26.3 Å². The highest BCUT2D eigenvalue weighted by Crippen LogP contribution is 2.50. The molecule has 1 heterocycles. The predicted octanol–water partition coefficient (Wildman–Crippen LogP) is 3.73. The van der Waals surface area contributed by atoms with Crippen molar-refractivity contribution in [3.8, 4) is 0 Å². The quantitative estimate of drug-likeness (QED) is 0.774. The van der Waals surface area contributed by atoms with Crippen molar-refractivity contribution in [1.82, 2.24) is 0 Å². The van der Waals surface area contributed by atoms with E-state index < -0.39 is 0 Å². The van der Waals surface area contributed by atoms with E-state index in [2.05, 4.69) is 0 Å². The average Bonchev–Trinajstić information content (AvgIpc) is 2.99. The predicted molar refractivity (Wildman–Crippen MR) is 73.8 cm³/mol. The summed E-state index contributed by atoms with van der Waals surface area (Å²) in [5, 5.41) is 0. The minimum Gasteiger partial charge on any atom is -0.375 e. The Balaban J connectivity index is 1.35. The molecule has 1 spiro atoms. The molecule has 0 amide bonds. The lowest BCUT2D eigenvalue weighted by Gasteiger charge is -2.47. The fourth-order valence-electron chi connectivity index (χ4n) is 5.27. The normalized spacial score (nSPS) is 43.4. The molecule has 1 saturated heterocycles. The van der Waals surface area contributed by atoms with Gasteiger partial charge in [0.2, 0.25) is 0 Å². The summed E-state index contributed by atoms with van der Waals surface area (Å²) in [6.07, 6.45) is 12.2. The average molecular weight is 262 g/mol. The van der Waals surface area contributed by atoms with E-state index in [1.54, 1.807) is 0 Å². The molecular weight excluding hydrogens is 236 g/mol. The van der Waals surface area contributed by atoms with E-state index >= 15 is 0 Å². The highest BCUT2D eigenvalue weighted by Gasteiger charge is 2.45. The summed E-state index contributed by atoms with van der Waals surface area (Å²) in [6, 6.07) is 0. The van der Waals surface area contributed by atoms with Gasteiger partial charge in [0, 0.05) is 18.9 Å². The van der Waals surface area contributed by atoms with Gasteiger partial charge in [-0.15, -0.1) is 0 Å². The van der Waals surface area contributed by atoms with Crippen LogP contribution < -0.4 is 0 Å². The van der Waals surface area contributed by atoms with Gasteiger partial charge in [0.1, 0.15) is 5.78 Å². The number of fused-ring (bicyclic) bond motifs is 2. The van der Waals surface area contributed by atoms with Crippen LogP contribution in [0.15, 0.2) is 0 Å². The summed E-state index contributed by atoms with van der Waals surface area (Å²) in [5.74, 6) is 3.51. The molecule has 2 heteroatoms. The number of ketones is 1. The Hall–Kier alpha value is -0.370. The fraction of sp³-hybridized carbons (Fsp3) is 0.941. The third-order valence-electron chi connectivity index (χ3n) is 6.56. The number of carbonyl (C=O) groups excluding carboxylic acids is 1. The molecule has 1 aliphatic heterocycles. The van der Waals surface area contributed by atoms with Crippen LogP contribution >= 0.6 is 0 Å². The number of Topliss-reactive ketones (excluding diaryl/α,β-unsaturated/α-hetero) is 1. The highest BCUT2D eigenvalue weighted by atomic mass is 16.5. The van der Waals surface area contributed by atoms with Crippen molar-refractivity contribution >= 4 is 5.78 Å². The van der Waals surface area contributed by atoms with Crippen LogP contribution in [0.4, 0.5) is 0 Å². The van der Waals surface area contributed by atoms with Gasteiger partial charge in [-0.2, -0.15) is 0 Å². The molecule has 2 nitrogen and oxygen atoms in total. The van der Waals surface area contributed by atoms with Crippen molar-refractivity contribution in [2.45, 2.75) is 69.8 Å². The molecule has 4 rings (SSSR count). The van der Waals surface area contributed by atoms with Crippen LogP contribution in [0.5, 0.6) is 0 Å². The molecule has 0 aromatic rings. The maximum absolute atomic E-state index is 12.6. The molecule has 0 aromatic heterocycles.